The third-order valence-corrected chi connectivity index (χ3v) is 8.08. The Labute approximate surface area is 316 Å². The van der Waals surface area contributed by atoms with Crippen molar-refractivity contribution in [3.8, 4) is 24.1 Å². The number of rotatable bonds is 17. The Kier molecular flexibility index (Phi) is 18.9. The van der Waals surface area contributed by atoms with Crippen LogP contribution in [0.5, 0.6) is 0 Å². The van der Waals surface area contributed by atoms with Crippen molar-refractivity contribution in [3.63, 3.8) is 0 Å². The molecule has 9 heteroatoms. The number of anilines is 2. The summed E-state index contributed by atoms with van der Waals surface area (Å²) in [4.78, 5) is 32.6. The number of aromatic nitrogens is 1. The molecule has 6 N–H and O–H groups in total. The van der Waals surface area contributed by atoms with Gasteiger partial charge in [0, 0.05) is 47.3 Å². The molecule has 3 aromatic carbocycles. The molecule has 1 aromatic heterocycles. The monoisotopic (exact) mass is 716 g/mol. The number of carbonyl (C=O) groups is 2. The lowest BCUT2D eigenvalue weighted by Crippen LogP contribution is -2.46. The van der Waals surface area contributed by atoms with E-state index in [4.69, 9.17) is 5.73 Å². The average molecular weight is 717 g/mol. The Morgan fingerprint density at radius 3 is 2.26 bits per heavy atom. The first-order valence-electron chi connectivity index (χ1n) is 17.8. The van der Waals surface area contributed by atoms with Crippen LogP contribution in [0.4, 0.5) is 11.4 Å². The molecule has 4 aromatic rings. The molecule has 0 spiro atoms. The lowest BCUT2D eigenvalue weighted by molar-refractivity contribution is -0.128. The molecular formula is C44H56N6O3. The number of H-pyrrole nitrogens is 1. The average Bonchev–Trinajstić information content (AvgIpc) is 3.60. The molecule has 4 rings (SSSR count). The molecule has 9 nitrogen and oxygen atoms in total. The van der Waals surface area contributed by atoms with Crippen LogP contribution in [-0.4, -0.2) is 64.6 Å². The number of hydrogen-bond acceptors (Lipinski definition) is 6. The molecule has 1 heterocycles. The molecule has 280 valence electrons. The molecule has 53 heavy (non-hydrogen) atoms. The number of benzene rings is 3. The summed E-state index contributed by atoms with van der Waals surface area (Å²) in [5.74, 6) is -0.238. The Morgan fingerprint density at radius 1 is 0.981 bits per heavy atom. The number of likely N-dealkylation sites (N-methyl/N-ethyl adjacent to an activating group) is 1. The van der Waals surface area contributed by atoms with E-state index in [1.807, 2.05) is 125 Å². The van der Waals surface area contributed by atoms with Gasteiger partial charge >= 0.3 is 0 Å². The summed E-state index contributed by atoms with van der Waals surface area (Å²) in [7, 11) is 1.76. The van der Waals surface area contributed by atoms with Gasteiger partial charge in [0.25, 0.3) is 0 Å². The van der Waals surface area contributed by atoms with Gasteiger partial charge in [-0.1, -0.05) is 101 Å². The van der Waals surface area contributed by atoms with Crippen molar-refractivity contribution >= 4 is 34.1 Å². The number of nitrogens with two attached hydrogens (primary N) is 1. The molecule has 0 aliphatic rings. The minimum Gasteiger partial charge on any atom is -0.376 e. The van der Waals surface area contributed by atoms with Crippen molar-refractivity contribution in [1.82, 2.24) is 14.8 Å². The quantitative estimate of drug-likeness (QED) is 0.0426. The first-order valence-corrected chi connectivity index (χ1v) is 17.8. The number of allylic oxidation sites excluding steroid dienone is 4. The predicted molar refractivity (Wildman–Crippen MR) is 223 cm³/mol. The predicted octanol–water partition coefficient (Wildman–Crippen LogP) is 8.24. The number of terminal acetylenes is 1. The van der Waals surface area contributed by atoms with Gasteiger partial charge in [-0.25, -0.2) is 0 Å². The number of carbonyl (C=O) groups excluding carboxylic acids is 2. The number of fused-ring (bicyclic) bond motifs is 1. The van der Waals surface area contributed by atoms with E-state index in [0.717, 1.165) is 45.4 Å². The Balaban J connectivity index is 0.00000235. The maximum Gasteiger partial charge on any atom is 0.238 e. The van der Waals surface area contributed by atoms with E-state index < -0.39 is 12.3 Å². The van der Waals surface area contributed by atoms with E-state index in [2.05, 4.69) is 41.6 Å². The van der Waals surface area contributed by atoms with E-state index in [1.54, 1.807) is 22.9 Å². The van der Waals surface area contributed by atoms with E-state index in [-0.39, 0.29) is 18.4 Å². The highest BCUT2D eigenvalue weighted by atomic mass is 16.3. The molecule has 0 saturated carbocycles. The number of aliphatic hydroxyl groups excluding tert-OH is 1. The summed E-state index contributed by atoms with van der Waals surface area (Å²) in [6.07, 6.45) is 15.4. The Hall–Kier alpha value is -5.66. The fraction of sp³-hybridized carbons (Fsp3) is 0.273. The molecule has 1 unspecified atom stereocenters. The molecule has 0 radical (unpaired) electrons. The highest BCUT2D eigenvalue weighted by Gasteiger charge is 2.25. The molecule has 2 amide bonds. The summed E-state index contributed by atoms with van der Waals surface area (Å²) < 4.78 is 0. The van der Waals surface area contributed by atoms with Crippen LogP contribution < -0.4 is 16.4 Å². The van der Waals surface area contributed by atoms with Gasteiger partial charge in [0.15, 0.2) is 0 Å². The van der Waals surface area contributed by atoms with E-state index >= 15 is 0 Å². The summed E-state index contributed by atoms with van der Waals surface area (Å²) in [6.45, 7) is 16.7. The van der Waals surface area contributed by atoms with Crippen molar-refractivity contribution in [2.45, 2.75) is 52.8 Å². The van der Waals surface area contributed by atoms with Gasteiger partial charge in [-0.05, 0) is 66.4 Å². The van der Waals surface area contributed by atoms with Crippen molar-refractivity contribution in [2.24, 2.45) is 5.73 Å². The standard InChI is InChI=1S/C40H48N6O3.C2H6.C2H2/c1-6-12-29(13-7-2)23-38(48)45(5)26-28(4)42-33-18-16-30(17-19-33)36-25-32-24-34(20-21-35(32)44-36)43-37(47)27-46(22-8-3)40(49)39(41)31-14-10-9-11-15-31;2*1-2/h6-7,9-21,24-25,39-40,42,44,49H,1,4,8,22-23,26-27,41H2,2-3,5H3,(H,43,47);1-2H3;1-2H/b13-7-,29-12+;;/t39-,40?;;/m1../s1. The van der Waals surface area contributed by atoms with Crippen molar-refractivity contribution in [2.75, 3.05) is 37.3 Å². The smallest absolute Gasteiger partial charge is 0.238 e. The molecule has 0 saturated heterocycles. The summed E-state index contributed by atoms with van der Waals surface area (Å²) in [6, 6.07) is 24.5. The van der Waals surface area contributed by atoms with Gasteiger partial charge in [0.2, 0.25) is 11.8 Å². The van der Waals surface area contributed by atoms with Gasteiger partial charge in [0.05, 0.1) is 25.6 Å². The number of aliphatic hydroxyl groups is 1. The van der Waals surface area contributed by atoms with Crippen LogP contribution in [0.15, 0.2) is 128 Å². The second kappa shape index (κ2) is 23.0. The lowest BCUT2D eigenvalue weighted by atomic mass is 10.1. The van der Waals surface area contributed by atoms with Crippen LogP contribution in [-0.2, 0) is 9.59 Å². The van der Waals surface area contributed by atoms with E-state index in [1.165, 1.54) is 0 Å². The third-order valence-electron chi connectivity index (χ3n) is 8.08. The topological polar surface area (TPSA) is 127 Å². The van der Waals surface area contributed by atoms with Gasteiger partial charge in [0.1, 0.15) is 6.23 Å². The van der Waals surface area contributed by atoms with Crippen LogP contribution >= 0.6 is 0 Å². The highest BCUT2D eigenvalue weighted by molar-refractivity contribution is 5.96. The summed E-state index contributed by atoms with van der Waals surface area (Å²) in [5, 5.41) is 18.2. The van der Waals surface area contributed by atoms with Crippen LogP contribution in [0.2, 0.25) is 0 Å². The van der Waals surface area contributed by atoms with Gasteiger partial charge < -0.3 is 31.4 Å². The molecular weight excluding hydrogens is 661 g/mol. The van der Waals surface area contributed by atoms with Crippen LogP contribution in [0.25, 0.3) is 22.2 Å². The largest absolute Gasteiger partial charge is 0.376 e. The van der Waals surface area contributed by atoms with Gasteiger partial charge in [-0.3, -0.25) is 14.5 Å². The fourth-order valence-corrected chi connectivity index (χ4v) is 5.62. The minimum absolute atomic E-state index is 0.00753. The second-order valence-electron chi connectivity index (χ2n) is 12.1. The Morgan fingerprint density at radius 2 is 1.64 bits per heavy atom. The van der Waals surface area contributed by atoms with Gasteiger partial charge in [-0.15, -0.1) is 12.8 Å². The van der Waals surface area contributed by atoms with Crippen molar-refractivity contribution in [1.29, 1.82) is 0 Å². The number of hydrogen-bond donors (Lipinski definition) is 5. The molecule has 0 aliphatic heterocycles. The van der Waals surface area contributed by atoms with Crippen LogP contribution in [0.1, 0.15) is 52.1 Å². The first kappa shape index (κ1) is 43.5. The Bertz CT molecular complexity index is 1840. The highest BCUT2D eigenvalue weighted by Crippen LogP contribution is 2.28. The number of nitrogens with one attached hydrogen (secondary N) is 3. The zero-order valence-corrected chi connectivity index (χ0v) is 31.8. The molecule has 0 fully saturated rings. The van der Waals surface area contributed by atoms with Crippen LogP contribution in [0, 0.1) is 12.8 Å². The minimum atomic E-state index is -1.00. The first-order chi connectivity index (χ1) is 25.6. The SMILES string of the molecule is C#C.C=C/C=C(\C=C/C)CC(=O)N(C)CC(=C)Nc1ccc(-c2cc3cc(NC(=O)CN(CCC)C(O)[C@H](N)c4ccccc4)ccc3[nH]2)cc1.CC. The zero-order chi connectivity index (χ0) is 39.3. The van der Waals surface area contributed by atoms with Gasteiger partial charge in [-0.2, -0.15) is 0 Å². The van der Waals surface area contributed by atoms with E-state index in [9.17, 15) is 14.7 Å². The molecule has 2 atom stereocenters. The number of amides is 2. The van der Waals surface area contributed by atoms with Crippen molar-refractivity contribution in [3.05, 3.63) is 133 Å². The maximum atomic E-state index is 13.1. The molecule has 0 aliphatic carbocycles. The summed E-state index contributed by atoms with van der Waals surface area (Å²) >= 11 is 0. The fourth-order valence-electron chi connectivity index (χ4n) is 5.62. The third kappa shape index (κ3) is 13.4. The lowest BCUT2D eigenvalue weighted by Gasteiger charge is -2.31. The van der Waals surface area contributed by atoms with E-state index in [0.29, 0.717) is 30.9 Å². The number of aromatic amines is 1. The van der Waals surface area contributed by atoms with Crippen molar-refractivity contribution < 1.29 is 14.7 Å². The second-order valence-corrected chi connectivity index (χ2v) is 12.1. The maximum absolute atomic E-state index is 13.1. The molecule has 0 bridgehead atoms. The summed E-state index contributed by atoms with van der Waals surface area (Å²) in [5.41, 5.74) is 13.2. The zero-order valence-electron chi connectivity index (χ0n) is 31.8. The number of nitrogens with zero attached hydrogens (tertiary/aromatic N) is 2. The van der Waals surface area contributed by atoms with Crippen LogP contribution in [0.3, 0.4) is 0 Å². The normalized spacial score (nSPS) is 12.2.